The Bertz CT molecular complexity index is 399. The molecular weight excluding hydrogens is 266 g/mol. The highest BCUT2D eigenvalue weighted by Crippen LogP contribution is 2.39. The SMILES string of the molecule is CC(C)N(Cc1cccs1)CC1CC(C)(C)CCC1O. The van der Waals surface area contributed by atoms with E-state index < -0.39 is 0 Å². The van der Waals surface area contributed by atoms with Gasteiger partial charge in [-0.1, -0.05) is 19.9 Å². The summed E-state index contributed by atoms with van der Waals surface area (Å²) in [5, 5.41) is 12.5. The summed E-state index contributed by atoms with van der Waals surface area (Å²) < 4.78 is 0. The number of nitrogens with zero attached hydrogens (tertiary/aromatic N) is 1. The van der Waals surface area contributed by atoms with Crippen molar-refractivity contribution in [3.8, 4) is 0 Å². The minimum absolute atomic E-state index is 0.118. The molecule has 0 spiro atoms. The summed E-state index contributed by atoms with van der Waals surface area (Å²) in [5.41, 5.74) is 0.384. The lowest BCUT2D eigenvalue weighted by Gasteiger charge is -2.41. The zero-order valence-electron chi connectivity index (χ0n) is 13.3. The van der Waals surface area contributed by atoms with Gasteiger partial charge in [0.15, 0.2) is 0 Å². The summed E-state index contributed by atoms with van der Waals surface area (Å²) in [7, 11) is 0. The predicted molar refractivity (Wildman–Crippen MR) is 87.0 cm³/mol. The van der Waals surface area contributed by atoms with Crippen molar-refractivity contribution in [1.82, 2.24) is 4.90 Å². The van der Waals surface area contributed by atoms with E-state index in [0.717, 1.165) is 32.4 Å². The summed E-state index contributed by atoms with van der Waals surface area (Å²) in [4.78, 5) is 3.93. The largest absolute Gasteiger partial charge is 0.393 e. The number of thiophene rings is 1. The molecule has 0 aromatic carbocycles. The van der Waals surface area contributed by atoms with E-state index in [1.165, 1.54) is 4.88 Å². The van der Waals surface area contributed by atoms with E-state index in [9.17, 15) is 5.11 Å². The van der Waals surface area contributed by atoms with Crippen LogP contribution < -0.4 is 0 Å². The molecule has 2 atom stereocenters. The molecule has 1 aliphatic rings. The minimum atomic E-state index is -0.118. The van der Waals surface area contributed by atoms with Crippen LogP contribution in [0.3, 0.4) is 0 Å². The third kappa shape index (κ3) is 4.31. The highest BCUT2D eigenvalue weighted by atomic mass is 32.1. The van der Waals surface area contributed by atoms with Crippen molar-refractivity contribution in [3.63, 3.8) is 0 Å². The summed E-state index contributed by atoms with van der Waals surface area (Å²) in [5.74, 6) is 0.418. The van der Waals surface area contributed by atoms with Gasteiger partial charge >= 0.3 is 0 Å². The van der Waals surface area contributed by atoms with Crippen LogP contribution in [0, 0.1) is 11.3 Å². The van der Waals surface area contributed by atoms with Crippen LogP contribution in [-0.2, 0) is 6.54 Å². The Kier molecular flexibility index (Phi) is 5.27. The first-order valence-corrected chi connectivity index (χ1v) is 8.70. The topological polar surface area (TPSA) is 23.5 Å². The Morgan fingerprint density at radius 3 is 2.80 bits per heavy atom. The van der Waals surface area contributed by atoms with E-state index in [1.807, 2.05) is 11.3 Å². The number of rotatable bonds is 5. The molecule has 1 fully saturated rings. The summed E-state index contributed by atoms with van der Waals surface area (Å²) in [6.45, 7) is 11.2. The van der Waals surface area contributed by atoms with Crippen molar-refractivity contribution in [2.24, 2.45) is 11.3 Å². The third-order valence-electron chi connectivity index (χ3n) is 4.61. The highest BCUT2D eigenvalue weighted by Gasteiger charge is 2.35. The quantitative estimate of drug-likeness (QED) is 0.882. The number of aliphatic hydroxyl groups is 1. The van der Waals surface area contributed by atoms with Crippen LogP contribution in [0.15, 0.2) is 17.5 Å². The van der Waals surface area contributed by atoms with Crippen LogP contribution in [0.25, 0.3) is 0 Å². The van der Waals surface area contributed by atoms with Gasteiger partial charge in [-0.25, -0.2) is 0 Å². The highest BCUT2D eigenvalue weighted by molar-refractivity contribution is 7.09. The van der Waals surface area contributed by atoms with Crippen molar-refractivity contribution >= 4 is 11.3 Å². The molecule has 1 aliphatic carbocycles. The van der Waals surface area contributed by atoms with Gasteiger partial charge in [0.05, 0.1) is 6.10 Å². The van der Waals surface area contributed by atoms with Gasteiger partial charge in [0.1, 0.15) is 0 Å². The fraction of sp³-hybridized carbons (Fsp3) is 0.765. The number of aliphatic hydroxyl groups excluding tert-OH is 1. The zero-order chi connectivity index (χ0) is 14.8. The maximum absolute atomic E-state index is 10.3. The second kappa shape index (κ2) is 6.59. The molecule has 0 radical (unpaired) electrons. The first-order valence-electron chi connectivity index (χ1n) is 7.82. The maximum atomic E-state index is 10.3. The van der Waals surface area contributed by atoms with Crippen molar-refractivity contribution in [3.05, 3.63) is 22.4 Å². The molecule has 0 saturated heterocycles. The Labute approximate surface area is 127 Å². The standard InChI is InChI=1S/C17H29NOS/c1-13(2)18(12-15-6-5-9-20-15)11-14-10-17(3,4)8-7-16(14)19/h5-6,9,13-14,16,19H,7-8,10-12H2,1-4H3. The fourth-order valence-corrected chi connectivity index (χ4v) is 4.00. The number of hydrogen-bond acceptors (Lipinski definition) is 3. The summed E-state index contributed by atoms with van der Waals surface area (Å²) in [6.07, 6.45) is 3.13. The Hall–Kier alpha value is -0.380. The third-order valence-corrected chi connectivity index (χ3v) is 5.48. The molecule has 2 unspecified atom stereocenters. The van der Waals surface area contributed by atoms with Crippen LogP contribution in [0.2, 0.25) is 0 Å². The molecule has 0 bridgehead atoms. The Balaban J connectivity index is 1.99. The van der Waals surface area contributed by atoms with Gasteiger partial charge in [0.25, 0.3) is 0 Å². The molecule has 114 valence electrons. The molecule has 1 aromatic heterocycles. The average molecular weight is 295 g/mol. The molecule has 1 heterocycles. The number of hydrogen-bond donors (Lipinski definition) is 1. The molecule has 1 saturated carbocycles. The van der Waals surface area contributed by atoms with Gasteiger partial charge in [-0.05, 0) is 55.9 Å². The molecule has 0 amide bonds. The normalized spacial score (nSPS) is 26.4. The molecule has 0 aliphatic heterocycles. The Morgan fingerprint density at radius 1 is 1.45 bits per heavy atom. The second-order valence-corrected chi connectivity index (χ2v) is 8.37. The molecule has 3 heteroatoms. The van der Waals surface area contributed by atoms with Gasteiger partial charge in [-0.2, -0.15) is 0 Å². The summed E-state index contributed by atoms with van der Waals surface area (Å²) >= 11 is 1.83. The van der Waals surface area contributed by atoms with Crippen LogP contribution in [0.4, 0.5) is 0 Å². The minimum Gasteiger partial charge on any atom is -0.393 e. The Morgan fingerprint density at radius 2 is 2.20 bits per heavy atom. The van der Waals surface area contributed by atoms with E-state index in [4.69, 9.17) is 0 Å². The van der Waals surface area contributed by atoms with Gasteiger partial charge < -0.3 is 5.11 Å². The van der Waals surface area contributed by atoms with Gasteiger partial charge in [-0.3, -0.25) is 4.90 Å². The van der Waals surface area contributed by atoms with Crippen LogP contribution >= 0.6 is 11.3 Å². The lowest BCUT2D eigenvalue weighted by Crippen LogP contribution is -2.43. The fourth-order valence-electron chi connectivity index (χ4n) is 3.27. The van der Waals surface area contributed by atoms with Crippen LogP contribution in [0.5, 0.6) is 0 Å². The molecule has 20 heavy (non-hydrogen) atoms. The van der Waals surface area contributed by atoms with E-state index in [2.05, 4.69) is 50.1 Å². The van der Waals surface area contributed by atoms with E-state index in [1.54, 1.807) is 0 Å². The smallest absolute Gasteiger partial charge is 0.0581 e. The molecule has 2 rings (SSSR count). The van der Waals surface area contributed by atoms with E-state index >= 15 is 0 Å². The zero-order valence-corrected chi connectivity index (χ0v) is 14.1. The first kappa shape index (κ1) is 16.0. The van der Waals surface area contributed by atoms with Crippen molar-refractivity contribution in [2.75, 3.05) is 6.54 Å². The van der Waals surface area contributed by atoms with Crippen LogP contribution in [0.1, 0.15) is 51.8 Å². The molecule has 2 nitrogen and oxygen atoms in total. The molecule has 1 N–H and O–H groups in total. The lowest BCUT2D eigenvalue weighted by atomic mass is 9.70. The van der Waals surface area contributed by atoms with Gasteiger partial charge in [0, 0.05) is 24.0 Å². The van der Waals surface area contributed by atoms with E-state index in [0.29, 0.717) is 17.4 Å². The van der Waals surface area contributed by atoms with E-state index in [-0.39, 0.29) is 6.10 Å². The van der Waals surface area contributed by atoms with Crippen LogP contribution in [-0.4, -0.2) is 28.7 Å². The van der Waals surface area contributed by atoms with Crippen molar-refractivity contribution in [1.29, 1.82) is 0 Å². The van der Waals surface area contributed by atoms with Gasteiger partial charge in [0.2, 0.25) is 0 Å². The van der Waals surface area contributed by atoms with Crippen molar-refractivity contribution in [2.45, 2.75) is 65.6 Å². The second-order valence-electron chi connectivity index (χ2n) is 7.34. The summed E-state index contributed by atoms with van der Waals surface area (Å²) in [6, 6.07) is 4.85. The molecule has 1 aromatic rings. The molecular formula is C17H29NOS. The monoisotopic (exact) mass is 295 g/mol. The maximum Gasteiger partial charge on any atom is 0.0581 e. The lowest BCUT2D eigenvalue weighted by molar-refractivity contribution is -0.00182. The van der Waals surface area contributed by atoms with Crippen molar-refractivity contribution < 1.29 is 5.11 Å². The average Bonchev–Trinajstić information content (AvgIpc) is 2.85. The predicted octanol–water partition coefficient (Wildman–Crippen LogP) is 4.15. The van der Waals surface area contributed by atoms with Gasteiger partial charge in [-0.15, -0.1) is 11.3 Å². The first-order chi connectivity index (χ1) is 9.37.